The van der Waals surface area contributed by atoms with E-state index in [1.165, 1.54) is 12.0 Å². The number of ketones is 1. The zero-order valence-electron chi connectivity index (χ0n) is 20.7. The van der Waals surface area contributed by atoms with E-state index >= 15 is 0 Å². The van der Waals surface area contributed by atoms with Crippen LogP contribution >= 0.6 is 0 Å². The van der Waals surface area contributed by atoms with Crippen LogP contribution in [-0.2, 0) is 14.3 Å². The van der Waals surface area contributed by atoms with E-state index in [1.807, 2.05) is 13.8 Å². The number of aliphatic hydroxyl groups is 1. The van der Waals surface area contributed by atoms with Crippen LogP contribution in [0.2, 0.25) is 0 Å². The lowest BCUT2D eigenvalue weighted by atomic mass is 9.94. The van der Waals surface area contributed by atoms with Crippen LogP contribution in [0.25, 0.3) is 5.76 Å². The number of carbonyl (C=O) groups excluding carboxylic acids is 3. The van der Waals surface area contributed by atoms with E-state index in [1.54, 1.807) is 42.5 Å². The van der Waals surface area contributed by atoms with E-state index in [9.17, 15) is 19.5 Å². The van der Waals surface area contributed by atoms with Crippen LogP contribution in [0.1, 0.15) is 41.4 Å². The molecule has 0 spiro atoms. The van der Waals surface area contributed by atoms with Crippen molar-refractivity contribution in [3.05, 3.63) is 64.7 Å². The summed E-state index contributed by atoms with van der Waals surface area (Å²) < 4.78 is 15.9. The van der Waals surface area contributed by atoms with Gasteiger partial charge in [-0.3, -0.25) is 9.59 Å². The molecule has 9 nitrogen and oxygen atoms in total. The van der Waals surface area contributed by atoms with Gasteiger partial charge in [-0.1, -0.05) is 26.0 Å². The van der Waals surface area contributed by atoms with Crippen LogP contribution in [0.15, 0.2) is 48.0 Å². The molecule has 1 atom stereocenters. The predicted octanol–water partition coefficient (Wildman–Crippen LogP) is 3.01. The molecule has 1 fully saturated rings. The van der Waals surface area contributed by atoms with Crippen molar-refractivity contribution in [2.24, 2.45) is 0 Å². The molecule has 2 aromatic rings. The second-order valence-electron chi connectivity index (χ2n) is 8.49. The number of likely N-dealkylation sites (tertiary alicyclic amines) is 1. The Hall–Kier alpha value is -3.85. The second kappa shape index (κ2) is 10.8. The lowest BCUT2D eigenvalue weighted by Crippen LogP contribution is -2.38. The zero-order chi connectivity index (χ0) is 25.8. The van der Waals surface area contributed by atoms with Gasteiger partial charge in [-0.05, 0) is 49.0 Å². The summed E-state index contributed by atoms with van der Waals surface area (Å²) in [5, 5.41) is 11.3. The molecule has 2 aliphatic rings. The molecule has 4 rings (SSSR count). The summed E-state index contributed by atoms with van der Waals surface area (Å²) in [6.07, 6.45) is 0. The van der Waals surface area contributed by atoms with E-state index in [0.29, 0.717) is 54.5 Å². The maximum Gasteiger partial charge on any atom is 0.337 e. The third kappa shape index (κ3) is 4.79. The number of nitrogens with zero attached hydrogens (tertiary/aromatic N) is 2. The van der Waals surface area contributed by atoms with Gasteiger partial charge in [-0.25, -0.2) is 4.79 Å². The van der Waals surface area contributed by atoms with Gasteiger partial charge in [-0.2, -0.15) is 0 Å². The number of hydrogen-bond acceptors (Lipinski definition) is 8. The molecule has 1 saturated heterocycles. The predicted molar refractivity (Wildman–Crippen MR) is 132 cm³/mol. The minimum atomic E-state index is -0.819. The highest BCUT2D eigenvalue weighted by molar-refractivity contribution is 6.46. The van der Waals surface area contributed by atoms with Crippen molar-refractivity contribution < 1.29 is 33.7 Å². The molecule has 1 unspecified atom stereocenters. The molecule has 0 radical (unpaired) electrons. The van der Waals surface area contributed by atoms with Gasteiger partial charge in [0.2, 0.25) is 0 Å². The van der Waals surface area contributed by atoms with Gasteiger partial charge in [0, 0.05) is 18.7 Å². The molecule has 1 N–H and O–H groups in total. The van der Waals surface area contributed by atoms with Crippen LogP contribution in [-0.4, -0.2) is 79.1 Å². The number of fused-ring (bicyclic) bond motifs is 1. The molecule has 2 aromatic carbocycles. The van der Waals surface area contributed by atoms with Gasteiger partial charge in [0.25, 0.3) is 11.7 Å². The van der Waals surface area contributed by atoms with Crippen LogP contribution in [0.3, 0.4) is 0 Å². The summed E-state index contributed by atoms with van der Waals surface area (Å²) in [6, 6.07) is 10.6. The first kappa shape index (κ1) is 25.2. The molecule has 0 saturated carbocycles. The smallest absolute Gasteiger partial charge is 0.337 e. The number of likely N-dealkylation sites (N-methyl/N-ethyl adjacent to an activating group) is 1. The van der Waals surface area contributed by atoms with Crippen LogP contribution < -0.4 is 9.47 Å². The summed E-state index contributed by atoms with van der Waals surface area (Å²) >= 11 is 0. The number of methoxy groups -OCH3 is 1. The van der Waals surface area contributed by atoms with Crippen LogP contribution in [0.4, 0.5) is 0 Å². The van der Waals surface area contributed by atoms with E-state index in [-0.39, 0.29) is 11.3 Å². The summed E-state index contributed by atoms with van der Waals surface area (Å²) in [7, 11) is 1.30. The van der Waals surface area contributed by atoms with E-state index in [4.69, 9.17) is 14.2 Å². The maximum absolute atomic E-state index is 13.3. The molecular weight excluding hydrogens is 464 g/mol. The zero-order valence-corrected chi connectivity index (χ0v) is 20.7. The number of hydrogen-bond donors (Lipinski definition) is 1. The number of carbonyl (C=O) groups is 3. The lowest BCUT2D eigenvalue weighted by Gasteiger charge is -2.28. The highest BCUT2D eigenvalue weighted by atomic mass is 16.6. The van der Waals surface area contributed by atoms with Crippen LogP contribution in [0.5, 0.6) is 11.5 Å². The quantitative estimate of drug-likeness (QED) is 0.258. The Morgan fingerprint density at radius 3 is 2.31 bits per heavy atom. The van der Waals surface area contributed by atoms with Gasteiger partial charge in [0.15, 0.2) is 11.5 Å². The van der Waals surface area contributed by atoms with Crippen molar-refractivity contribution in [3.8, 4) is 11.5 Å². The Bertz CT molecular complexity index is 1190. The molecule has 2 heterocycles. The SMILES string of the molecule is CCN(CC)CCN1C(=O)C(=O)C(=C(O)c2ccc3c(c2)OCCO3)C1c1ccc(C(=O)OC)cc1. The first-order valence-corrected chi connectivity index (χ1v) is 12.0. The number of aliphatic hydroxyl groups excluding tert-OH is 1. The number of amides is 1. The molecule has 1 amide bonds. The molecule has 2 aliphatic heterocycles. The van der Waals surface area contributed by atoms with Crippen molar-refractivity contribution in [1.29, 1.82) is 0 Å². The number of ether oxygens (including phenoxy) is 3. The fourth-order valence-corrected chi connectivity index (χ4v) is 4.51. The van der Waals surface area contributed by atoms with Crippen molar-refractivity contribution in [3.63, 3.8) is 0 Å². The Labute approximate surface area is 209 Å². The molecule has 0 bridgehead atoms. The molecule has 0 aromatic heterocycles. The highest BCUT2D eigenvalue weighted by Gasteiger charge is 2.46. The first-order valence-electron chi connectivity index (χ1n) is 12.0. The van der Waals surface area contributed by atoms with E-state index in [0.717, 1.165) is 13.1 Å². The van der Waals surface area contributed by atoms with Crippen molar-refractivity contribution in [2.75, 3.05) is 46.5 Å². The Balaban J connectivity index is 1.78. The minimum Gasteiger partial charge on any atom is -0.507 e. The van der Waals surface area contributed by atoms with Crippen molar-refractivity contribution in [1.82, 2.24) is 9.80 Å². The number of esters is 1. The standard InChI is InChI=1S/C27H30N2O7/c1-4-28(5-2)12-13-29-23(17-6-8-18(9-7-17)27(33)34-3)22(25(31)26(29)32)24(30)19-10-11-20-21(16-19)36-15-14-35-20/h6-11,16,23,30H,4-5,12-15H2,1-3H3. The van der Waals surface area contributed by atoms with Gasteiger partial charge >= 0.3 is 5.97 Å². The fourth-order valence-electron chi connectivity index (χ4n) is 4.51. The number of Topliss-reactive ketones (excluding diaryl/α,β-unsaturated/α-hetero) is 1. The van der Waals surface area contributed by atoms with Crippen molar-refractivity contribution >= 4 is 23.4 Å². The van der Waals surface area contributed by atoms with Crippen LogP contribution in [0, 0.1) is 0 Å². The Morgan fingerprint density at radius 1 is 1.03 bits per heavy atom. The minimum absolute atomic E-state index is 0.0120. The topological polar surface area (TPSA) is 106 Å². The first-order chi connectivity index (χ1) is 17.4. The van der Waals surface area contributed by atoms with E-state index in [2.05, 4.69) is 4.90 Å². The summed E-state index contributed by atoms with van der Waals surface area (Å²) in [5.41, 5.74) is 1.27. The second-order valence-corrected chi connectivity index (χ2v) is 8.49. The van der Waals surface area contributed by atoms with Gasteiger partial charge in [0.1, 0.15) is 19.0 Å². The van der Waals surface area contributed by atoms with Gasteiger partial charge < -0.3 is 29.1 Å². The normalized spacial score (nSPS) is 18.6. The molecule has 36 heavy (non-hydrogen) atoms. The summed E-state index contributed by atoms with van der Waals surface area (Å²) in [5.74, 6) is -1.22. The summed E-state index contributed by atoms with van der Waals surface area (Å²) in [6.45, 7) is 7.34. The molecule has 190 valence electrons. The molecule has 0 aliphatic carbocycles. The van der Waals surface area contributed by atoms with Gasteiger partial charge in [-0.15, -0.1) is 0 Å². The monoisotopic (exact) mass is 494 g/mol. The Morgan fingerprint density at radius 2 is 1.67 bits per heavy atom. The third-order valence-electron chi connectivity index (χ3n) is 6.55. The largest absolute Gasteiger partial charge is 0.507 e. The van der Waals surface area contributed by atoms with Crippen molar-refractivity contribution in [2.45, 2.75) is 19.9 Å². The average Bonchev–Trinajstić information content (AvgIpc) is 3.17. The van der Waals surface area contributed by atoms with Gasteiger partial charge in [0.05, 0.1) is 24.3 Å². The number of benzene rings is 2. The summed E-state index contributed by atoms with van der Waals surface area (Å²) in [4.78, 5) is 42.0. The third-order valence-corrected chi connectivity index (χ3v) is 6.55. The number of rotatable bonds is 8. The molecular formula is C27H30N2O7. The van der Waals surface area contributed by atoms with E-state index < -0.39 is 23.7 Å². The molecule has 9 heteroatoms. The fraction of sp³-hybridized carbons (Fsp3) is 0.370. The Kier molecular flexibility index (Phi) is 7.59. The maximum atomic E-state index is 13.3. The lowest BCUT2D eigenvalue weighted by molar-refractivity contribution is -0.140. The highest BCUT2D eigenvalue weighted by Crippen LogP contribution is 2.41. The average molecular weight is 495 g/mol.